The van der Waals surface area contributed by atoms with Crippen molar-refractivity contribution >= 4 is 57.6 Å². The van der Waals surface area contributed by atoms with Gasteiger partial charge in [-0.3, -0.25) is 19.3 Å². The molecule has 562 valence electrons. The molecule has 2 N–H and O–H groups in total. The number of phenolic OH excluding ortho intramolecular Hbond substituents is 1. The van der Waals surface area contributed by atoms with Crippen LogP contribution in [-0.4, -0.2) is 163 Å². The first-order valence-corrected chi connectivity index (χ1v) is 35.0. The molecule has 102 heavy (non-hydrogen) atoms. The molecule has 0 bridgehead atoms. The number of rotatable bonds is 27. The maximum atomic E-state index is 13.3. The van der Waals surface area contributed by atoms with E-state index >= 15 is 0 Å². The molecule has 0 aliphatic carbocycles. The van der Waals surface area contributed by atoms with E-state index in [1.807, 2.05) is 143 Å². The largest absolute Gasteiger partial charge is 0.508 e. The minimum atomic E-state index is -0.431. The fraction of sp³-hybridized carbons (Fsp3) is 0.439. The number of benzene rings is 6. The summed E-state index contributed by atoms with van der Waals surface area (Å²) in [5.74, 6) is 0.850. The second-order valence-corrected chi connectivity index (χ2v) is 26.9. The van der Waals surface area contributed by atoms with E-state index in [9.17, 15) is 39.0 Å². The number of aliphatic hydroxyl groups excluding tert-OH is 1. The number of ether oxygens (including phenoxy) is 6. The summed E-state index contributed by atoms with van der Waals surface area (Å²) in [7, 11) is 8.73. The number of hydrogen-bond donors (Lipinski definition) is 2. The Morgan fingerprint density at radius 3 is 1.27 bits per heavy atom. The van der Waals surface area contributed by atoms with Crippen LogP contribution in [0.1, 0.15) is 200 Å². The van der Waals surface area contributed by atoms with E-state index in [0.29, 0.717) is 57.3 Å². The summed E-state index contributed by atoms with van der Waals surface area (Å²) < 4.78 is 30.8. The predicted molar refractivity (Wildman–Crippen MR) is 408 cm³/mol. The molecule has 20 heteroatoms. The van der Waals surface area contributed by atoms with Gasteiger partial charge in [0.1, 0.15) is 23.0 Å². The number of hydrogen-bond acceptors (Lipinski definition) is 15. The zero-order valence-electron chi connectivity index (χ0n) is 64.0. The standard InChI is InChI=1S/C24H31NO4.C22H31NO2.C18H25NO4.C9H9BrO3.C9H17NO.Pd/c1-16(2)25(17(3)4)23(26)15-20(18-10-8-7-9-11-18)21-14-19(24(27)29-6)12-13-22(21)28-5;1-16(2)23(17(3)4)13-12-20(19-8-6-5-7-9-19)21-14-18(15-24)10-11-22(21)25;1-12(2)19(13(3)4)17(20)10-8-14-11-15(18(21)23-6)7-9-16(14)22-5;1-12-8-4-3-6(5-7(8)10)9(11)13-2;1-6-9(11)10(7(2)3)8(4)5;/h7-14,16-17,20H,15H2,1-6H3;5-11,14,16-17,20,24-25H,12-13,15H2,1-4H3;7-13H,1-6H3;3-5H,1-2H3;6-8H,1H2,2-5H3;/b;;10-8+;;;. The molecule has 6 aromatic rings. The summed E-state index contributed by atoms with van der Waals surface area (Å²) in [6.45, 7) is 37.3. The molecule has 0 heterocycles. The molecule has 0 aliphatic rings. The summed E-state index contributed by atoms with van der Waals surface area (Å²) in [5, 5.41) is 19.9. The van der Waals surface area contributed by atoms with Crippen LogP contribution in [0.2, 0.25) is 0 Å². The molecule has 0 saturated carbocycles. The van der Waals surface area contributed by atoms with E-state index < -0.39 is 11.9 Å². The van der Waals surface area contributed by atoms with Gasteiger partial charge in [-0.25, -0.2) is 14.4 Å². The van der Waals surface area contributed by atoms with Gasteiger partial charge in [0.15, 0.2) is 0 Å². The van der Waals surface area contributed by atoms with Crippen LogP contribution >= 0.6 is 15.9 Å². The number of carbonyl (C=O) groups is 6. The summed E-state index contributed by atoms with van der Waals surface area (Å²) in [6.07, 6.45) is 5.72. The number of halogens is 1. The molecular weight excluding hydrogens is 1450 g/mol. The summed E-state index contributed by atoms with van der Waals surface area (Å²) in [5.41, 5.74) is 6.69. The summed E-state index contributed by atoms with van der Waals surface area (Å²) >= 11 is 3.27. The predicted octanol–water partition coefficient (Wildman–Crippen LogP) is 16.4. The number of aromatic hydroxyl groups is 1. The molecule has 2 atom stereocenters. The third-order valence-electron chi connectivity index (χ3n) is 16.4. The molecule has 3 amide bonds. The van der Waals surface area contributed by atoms with Gasteiger partial charge in [0.05, 0.1) is 70.4 Å². The zero-order chi connectivity index (χ0) is 76.4. The van der Waals surface area contributed by atoms with Crippen molar-refractivity contribution in [1.29, 1.82) is 0 Å². The van der Waals surface area contributed by atoms with Crippen LogP contribution in [0, 0.1) is 0 Å². The number of methoxy groups -OCH3 is 6. The molecule has 0 fully saturated rings. The SMILES string of the molecule is C=CC(=O)N(C(C)C)C(C)C.CC(C)N(CCC(c1ccccc1)c1cc(CO)ccc1O)C(C)C.COC(=O)c1ccc(OC)c(/C=C/C(=O)N(C(C)C)C(C)C)c1.COC(=O)c1ccc(OC)c(Br)c1.COC(=O)c1ccc(OC)c(C(CC(=O)N(C(C)C)C(C)C)c2ccccc2)c1.[Pd]. The van der Waals surface area contributed by atoms with Crippen LogP contribution in [-0.2, 0) is 55.6 Å². The average molecular weight is 1570 g/mol. The van der Waals surface area contributed by atoms with Crippen molar-refractivity contribution in [2.24, 2.45) is 0 Å². The van der Waals surface area contributed by atoms with Crippen LogP contribution in [0.5, 0.6) is 23.0 Å². The normalized spacial score (nSPS) is 11.4. The smallest absolute Gasteiger partial charge is 0.337 e. The number of amides is 3. The summed E-state index contributed by atoms with van der Waals surface area (Å²) in [4.78, 5) is 79.6. The number of carbonyl (C=O) groups excluding carboxylic acids is 6. The molecular formula is C82H113BrN4O14Pd. The van der Waals surface area contributed by atoms with E-state index in [-0.39, 0.29) is 105 Å². The quantitative estimate of drug-likeness (QED) is 0.0213. The maximum absolute atomic E-state index is 13.3. The van der Waals surface area contributed by atoms with Crippen LogP contribution < -0.4 is 14.2 Å². The topological polar surface area (TPSA) is 211 Å². The monoisotopic (exact) mass is 1560 g/mol. The van der Waals surface area contributed by atoms with Crippen LogP contribution in [0.15, 0.2) is 157 Å². The van der Waals surface area contributed by atoms with Gasteiger partial charge in [0, 0.05) is 110 Å². The van der Waals surface area contributed by atoms with Gasteiger partial charge in [-0.05, 0) is 235 Å². The first-order valence-electron chi connectivity index (χ1n) is 34.2. The van der Waals surface area contributed by atoms with Crippen molar-refractivity contribution in [2.45, 2.75) is 190 Å². The number of phenols is 1. The van der Waals surface area contributed by atoms with Gasteiger partial charge in [-0.2, -0.15) is 0 Å². The number of nitrogens with zero attached hydrogens (tertiary/aromatic N) is 4. The van der Waals surface area contributed by atoms with E-state index in [2.05, 4.69) is 72.0 Å². The Balaban J connectivity index is 0.000000661. The van der Waals surface area contributed by atoms with Crippen molar-refractivity contribution < 1.29 is 87.8 Å². The molecule has 0 aromatic heterocycles. The average Bonchev–Trinajstić information content (AvgIpc) is 0.973. The minimum Gasteiger partial charge on any atom is -0.508 e. The third kappa shape index (κ3) is 29.0. The molecule has 0 aliphatic heterocycles. The van der Waals surface area contributed by atoms with Gasteiger partial charge >= 0.3 is 17.9 Å². The second kappa shape index (κ2) is 47.2. The molecule has 0 spiro atoms. The van der Waals surface area contributed by atoms with Crippen molar-refractivity contribution in [3.05, 3.63) is 207 Å². The van der Waals surface area contributed by atoms with E-state index in [4.69, 9.17) is 23.7 Å². The zero-order valence-corrected chi connectivity index (χ0v) is 67.2. The van der Waals surface area contributed by atoms with E-state index in [0.717, 1.165) is 39.7 Å². The molecule has 2 unspecified atom stereocenters. The van der Waals surface area contributed by atoms with Gasteiger partial charge in [0.2, 0.25) is 17.7 Å². The second-order valence-electron chi connectivity index (χ2n) is 26.0. The fourth-order valence-electron chi connectivity index (χ4n) is 11.9. The molecule has 0 saturated heterocycles. The Morgan fingerprint density at radius 1 is 0.471 bits per heavy atom. The van der Waals surface area contributed by atoms with Crippen molar-refractivity contribution in [2.75, 3.05) is 49.2 Å². The molecule has 6 aromatic carbocycles. The first-order chi connectivity index (χ1) is 47.7. The number of esters is 3. The van der Waals surface area contributed by atoms with Crippen LogP contribution in [0.25, 0.3) is 6.08 Å². The third-order valence-corrected chi connectivity index (χ3v) is 17.0. The molecule has 6 rings (SSSR count). The van der Waals surface area contributed by atoms with Gasteiger partial charge in [0.25, 0.3) is 0 Å². The van der Waals surface area contributed by atoms with Crippen LogP contribution in [0.4, 0.5) is 0 Å². The van der Waals surface area contributed by atoms with Crippen molar-refractivity contribution in [1.82, 2.24) is 19.6 Å². The van der Waals surface area contributed by atoms with Crippen molar-refractivity contribution in [3.63, 3.8) is 0 Å². The number of aliphatic hydroxyl groups is 1. The van der Waals surface area contributed by atoms with Crippen molar-refractivity contribution in [3.8, 4) is 23.0 Å². The van der Waals surface area contributed by atoms with Gasteiger partial charge in [-0.15, -0.1) is 0 Å². The Bertz CT molecular complexity index is 3550. The van der Waals surface area contributed by atoms with Crippen LogP contribution in [0.3, 0.4) is 0 Å². The Hall–Kier alpha value is -8.12. The molecule has 18 nitrogen and oxygen atoms in total. The first kappa shape index (κ1) is 91.9. The Kier molecular flexibility index (Phi) is 42.5. The Labute approximate surface area is 630 Å². The Morgan fingerprint density at radius 2 is 0.882 bits per heavy atom. The van der Waals surface area contributed by atoms with E-state index in [1.165, 1.54) is 39.0 Å². The maximum Gasteiger partial charge on any atom is 0.337 e. The van der Waals surface area contributed by atoms with E-state index in [1.54, 1.807) is 104 Å². The van der Waals surface area contributed by atoms with Gasteiger partial charge in [-0.1, -0.05) is 73.3 Å². The minimum absolute atomic E-state index is 0. The fourth-order valence-corrected chi connectivity index (χ4v) is 12.5. The molecule has 0 radical (unpaired) electrons. The summed E-state index contributed by atoms with van der Waals surface area (Å²) in [6, 6.07) is 42.6. The van der Waals surface area contributed by atoms with Gasteiger partial charge < -0.3 is 53.3 Å².